The molecule has 0 aliphatic heterocycles. The van der Waals surface area contributed by atoms with E-state index in [4.69, 9.17) is 13.9 Å². The van der Waals surface area contributed by atoms with Gasteiger partial charge in [-0.05, 0) is 37.5 Å². The molecule has 162 valence electrons. The highest BCUT2D eigenvalue weighted by Gasteiger charge is 2.37. The minimum Gasteiger partial charge on any atom is -0.461 e. The molecule has 0 aliphatic rings. The van der Waals surface area contributed by atoms with E-state index in [1.54, 1.807) is 11.6 Å². The molecule has 1 rings (SSSR count). The lowest BCUT2D eigenvalue weighted by Crippen LogP contribution is -2.41. The van der Waals surface area contributed by atoms with Gasteiger partial charge in [0.15, 0.2) is 14.0 Å². The number of aromatic nitrogens is 2. The number of esters is 1. The fourth-order valence-electron chi connectivity index (χ4n) is 2.25. The zero-order valence-electron chi connectivity index (χ0n) is 19.3. The van der Waals surface area contributed by atoms with Gasteiger partial charge in [-0.2, -0.15) is 5.10 Å². The molecule has 0 radical (unpaired) electrons. The Morgan fingerprint density at radius 3 is 2.32 bits per heavy atom. The van der Waals surface area contributed by atoms with Gasteiger partial charge in [0.25, 0.3) is 0 Å². The Morgan fingerprint density at radius 1 is 1.14 bits per heavy atom. The first-order valence-electron chi connectivity index (χ1n) is 10.2. The second-order valence-corrected chi connectivity index (χ2v) is 20.4. The summed E-state index contributed by atoms with van der Waals surface area (Å²) in [6, 6.07) is 1.10. The normalized spacial score (nSPS) is 13.0. The highest BCUT2D eigenvalue weighted by Crippen LogP contribution is 2.36. The van der Waals surface area contributed by atoms with E-state index in [1.165, 1.54) is 0 Å². The lowest BCUT2D eigenvalue weighted by molar-refractivity contribution is 0.0509. The molecule has 0 fully saturated rings. The Morgan fingerprint density at radius 2 is 1.79 bits per heavy atom. The first kappa shape index (κ1) is 25.1. The van der Waals surface area contributed by atoms with Crippen LogP contribution in [-0.4, -0.2) is 52.0 Å². The monoisotopic (exact) mass is 428 g/mol. The molecule has 1 heterocycles. The predicted molar refractivity (Wildman–Crippen MR) is 119 cm³/mol. The van der Waals surface area contributed by atoms with Gasteiger partial charge in [-0.1, -0.05) is 40.4 Å². The smallest absolute Gasteiger partial charge is 0.359 e. The summed E-state index contributed by atoms with van der Waals surface area (Å²) in [7, 11) is -2.94. The van der Waals surface area contributed by atoms with E-state index in [2.05, 4.69) is 58.6 Å². The Labute approximate surface area is 173 Å². The summed E-state index contributed by atoms with van der Waals surface area (Å²) in [5, 5.41) is 4.57. The highest BCUT2D eigenvalue weighted by atomic mass is 28.4. The number of rotatable bonds is 11. The van der Waals surface area contributed by atoms with Crippen LogP contribution < -0.4 is 0 Å². The van der Waals surface area contributed by atoms with Gasteiger partial charge < -0.3 is 13.9 Å². The average Bonchev–Trinajstić information content (AvgIpc) is 2.93. The molecule has 0 N–H and O–H groups in total. The van der Waals surface area contributed by atoms with Crippen molar-refractivity contribution < 1.29 is 18.7 Å². The Kier molecular flexibility index (Phi) is 9.11. The number of hydrogen-bond donors (Lipinski definition) is 0. The number of nitrogens with zero attached hydrogens (tertiary/aromatic N) is 2. The minimum atomic E-state index is -1.82. The molecule has 28 heavy (non-hydrogen) atoms. The molecule has 0 amide bonds. The van der Waals surface area contributed by atoms with E-state index in [-0.39, 0.29) is 11.0 Å². The van der Waals surface area contributed by atoms with Crippen molar-refractivity contribution in [3.63, 3.8) is 0 Å². The van der Waals surface area contributed by atoms with Crippen LogP contribution in [0, 0.1) is 0 Å². The maximum atomic E-state index is 12.3. The minimum absolute atomic E-state index is 0.158. The van der Waals surface area contributed by atoms with E-state index < -0.39 is 16.4 Å². The predicted octanol–water partition coefficient (Wildman–Crippen LogP) is 4.94. The maximum Gasteiger partial charge on any atom is 0.359 e. The van der Waals surface area contributed by atoms with Crippen molar-refractivity contribution >= 4 is 22.4 Å². The summed E-state index contributed by atoms with van der Waals surface area (Å²) in [6.07, 6.45) is 2.52. The number of carbonyl (C=O) groups excluding carboxylic acids is 1. The van der Waals surface area contributed by atoms with Gasteiger partial charge in [0.05, 0.1) is 6.61 Å². The van der Waals surface area contributed by atoms with E-state index >= 15 is 0 Å². The zero-order chi connectivity index (χ0) is 21.6. The van der Waals surface area contributed by atoms with E-state index in [0.717, 1.165) is 11.6 Å². The van der Waals surface area contributed by atoms with Crippen LogP contribution in [0.5, 0.6) is 0 Å². The second-order valence-electron chi connectivity index (χ2n) is 9.97. The van der Waals surface area contributed by atoms with Crippen LogP contribution in [0.25, 0.3) is 0 Å². The van der Waals surface area contributed by atoms with Gasteiger partial charge in [-0.25, -0.2) is 9.48 Å². The van der Waals surface area contributed by atoms with Crippen LogP contribution in [0.4, 0.5) is 0 Å². The SMILES string of the molecule is CCOC(=O)c1nn(COCC[Si](C)(C)C)cc1CCO[Si](C)(C)C(C)(C)C. The Hall–Kier alpha value is -0.966. The molecule has 8 heteroatoms. The molecular weight excluding hydrogens is 388 g/mol. The van der Waals surface area contributed by atoms with Gasteiger partial charge in [-0.3, -0.25) is 0 Å². The Bertz CT molecular complexity index is 631. The van der Waals surface area contributed by atoms with E-state index in [1.807, 2.05) is 6.20 Å². The largest absolute Gasteiger partial charge is 0.461 e. The molecule has 0 atom stereocenters. The van der Waals surface area contributed by atoms with Crippen LogP contribution in [0.15, 0.2) is 6.20 Å². The fourth-order valence-corrected chi connectivity index (χ4v) is 4.05. The van der Waals surface area contributed by atoms with Gasteiger partial charge >= 0.3 is 5.97 Å². The maximum absolute atomic E-state index is 12.3. The lowest BCUT2D eigenvalue weighted by Gasteiger charge is -2.36. The van der Waals surface area contributed by atoms with Crippen LogP contribution in [0.3, 0.4) is 0 Å². The zero-order valence-corrected chi connectivity index (χ0v) is 21.3. The lowest BCUT2D eigenvalue weighted by atomic mass is 10.2. The molecule has 1 aromatic heterocycles. The molecule has 0 aliphatic carbocycles. The summed E-state index contributed by atoms with van der Waals surface area (Å²) in [5.74, 6) is -0.384. The first-order chi connectivity index (χ1) is 12.8. The van der Waals surface area contributed by atoms with Gasteiger partial charge in [0.1, 0.15) is 6.73 Å². The van der Waals surface area contributed by atoms with Crippen LogP contribution in [0.2, 0.25) is 43.8 Å². The van der Waals surface area contributed by atoms with Crippen molar-refractivity contribution in [1.29, 1.82) is 0 Å². The third-order valence-electron chi connectivity index (χ3n) is 5.17. The molecule has 0 spiro atoms. The van der Waals surface area contributed by atoms with Crippen molar-refractivity contribution in [1.82, 2.24) is 9.78 Å². The van der Waals surface area contributed by atoms with Crippen LogP contribution in [0.1, 0.15) is 43.7 Å². The van der Waals surface area contributed by atoms with Gasteiger partial charge in [0, 0.05) is 33.0 Å². The third-order valence-corrected chi connectivity index (χ3v) is 11.4. The number of carbonyl (C=O) groups is 1. The number of ether oxygens (including phenoxy) is 2. The molecule has 0 saturated heterocycles. The quantitative estimate of drug-likeness (QED) is 0.284. The summed E-state index contributed by atoms with van der Waals surface area (Å²) in [5.41, 5.74) is 1.22. The second kappa shape index (κ2) is 10.2. The van der Waals surface area contributed by atoms with Crippen LogP contribution >= 0.6 is 0 Å². The summed E-state index contributed by atoms with van der Waals surface area (Å²) in [6.45, 7) is 21.9. The van der Waals surface area contributed by atoms with Gasteiger partial charge in [-0.15, -0.1) is 0 Å². The highest BCUT2D eigenvalue weighted by molar-refractivity contribution is 6.76. The fraction of sp³-hybridized carbons (Fsp3) is 0.800. The topological polar surface area (TPSA) is 62.6 Å². The van der Waals surface area contributed by atoms with Gasteiger partial charge in [0.2, 0.25) is 0 Å². The molecule has 0 unspecified atom stereocenters. The van der Waals surface area contributed by atoms with Crippen molar-refractivity contribution in [2.75, 3.05) is 19.8 Å². The number of hydrogen-bond acceptors (Lipinski definition) is 5. The average molecular weight is 429 g/mol. The van der Waals surface area contributed by atoms with E-state index in [9.17, 15) is 4.79 Å². The summed E-state index contributed by atoms with van der Waals surface area (Å²) in [4.78, 5) is 12.3. The van der Waals surface area contributed by atoms with Crippen molar-refractivity contribution in [3.05, 3.63) is 17.5 Å². The van der Waals surface area contributed by atoms with Crippen molar-refractivity contribution in [2.24, 2.45) is 0 Å². The summed E-state index contributed by atoms with van der Waals surface area (Å²) < 4.78 is 18.9. The van der Waals surface area contributed by atoms with Crippen molar-refractivity contribution in [2.45, 2.75) is 84.7 Å². The van der Waals surface area contributed by atoms with Crippen LogP contribution in [-0.2, 0) is 27.1 Å². The molecule has 0 saturated carbocycles. The standard InChI is InChI=1S/C20H40N2O4Si2/c1-10-25-19(23)18-17(11-12-26-28(8,9)20(2,3)4)15-22(21-18)16-24-13-14-27(5,6)7/h15H,10-14,16H2,1-9H3. The molecule has 0 aromatic carbocycles. The Balaban J connectivity index is 2.76. The molecule has 1 aromatic rings. The molecular formula is C20H40N2O4Si2. The third kappa shape index (κ3) is 8.18. The van der Waals surface area contributed by atoms with Crippen molar-refractivity contribution in [3.8, 4) is 0 Å². The first-order valence-corrected chi connectivity index (χ1v) is 16.8. The molecule has 6 nitrogen and oxygen atoms in total. The van der Waals surface area contributed by atoms with E-state index in [0.29, 0.717) is 38.7 Å². The summed E-state index contributed by atoms with van der Waals surface area (Å²) >= 11 is 0. The molecule has 0 bridgehead atoms.